The molecule has 2 unspecified atom stereocenters. The second-order valence-corrected chi connectivity index (χ2v) is 4.07. The molecule has 0 aromatic rings. The van der Waals surface area contributed by atoms with E-state index in [-0.39, 0.29) is 0 Å². The normalized spacial score (nSPS) is 29.0. The number of rotatable bonds is 5. The summed E-state index contributed by atoms with van der Waals surface area (Å²) >= 11 is 0. The molecule has 0 heterocycles. The molecule has 63 valence electrons. The standard InChI is InChI=1S/C10H17O/c1-8(2)6-10-7-9(10)4-3-5-11/h8-10H,3-4,6-7H2,1-2H3. The highest BCUT2D eigenvalue weighted by molar-refractivity contribution is 5.50. The third-order valence-corrected chi connectivity index (χ3v) is 2.46. The van der Waals surface area contributed by atoms with Crippen LogP contribution in [-0.2, 0) is 4.79 Å². The Kier molecular flexibility index (Phi) is 3.10. The van der Waals surface area contributed by atoms with Crippen molar-refractivity contribution in [3.8, 4) is 0 Å². The molecule has 11 heavy (non-hydrogen) atoms. The minimum Gasteiger partial charge on any atom is -0.291 e. The monoisotopic (exact) mass is 153 g/mol. The van der Waals surface area contributed by atoms with E-state index in [0.717, 1.165) is 24.2 Å². The van der Waals surface area contributed by atoms with E-state index in [9.17, 15) is 4.79 Å². The van der Waals surface area contributed by atoms with Gasteiger partial charge >= 0.3 is 0 Å². The van der Waals surface area contributed by atoms with Crippen LogP contribution in [0.2, 0.25) is 0 Å². The van der Waals surface area contributed by atoms with Gasteiger partial charge in [0.2, 0.25) is 0 Å². The number of hydrogen-bond donors (Lipinski definition) is 0. The van der Waals surface area contributed by atoms with Crippen LogP contribution in [0.4, 0.5) is 0 Å². The van der Waals surface area contributed by atoms with Crippen LogP contribution in [0.5, 0.6) is 0 Å². The molecule has 0 aromatic carbocycles. The van der Waals surface area contributed by atoms with E-state index in [1.807, 2.05) is 6.29 Å². The quantitative estimate of drug-likeness (QED) is 0.593. The molecule has 1 aliphatic rings. The predicted octanol–water partition coefficient (Wildman–Crippen LogP) is 2.56. The van der Waals surface area contributed by atoms with Crippen LogP contribution in [0.3, 0.4) is 0 Å². The van der Waals surface area contributed by atoms with Crippen molar-refractivity contribution in [1.82, 2.24) is 0 Å². The third kappa shape index (κ3) is 3.04. The van der Waals surface area contributed by atoms with E-state index in [4.69, 9.17) is 0 Å². The third-order valence-electron chi connectivity index (χ3n) is 2.46. The summed E-state index contributed by atoms with van der Waals surface area (Å²) in [4.78, 5) is 9.94. The van der Waals surface area contributed by atoms with Gasteiger partial charge in [-0.15, -0.1) is 0 Å². The van der Waals surface area contributed by atoms with Crippen molar-refractivity contribution in [3.05, 3.63) is 0 Å². The van der Waals surface area contributed by atoms with Crippen LogP contribution in [0.15, 0.2) is 0 Å². The van der Waals surface area contributed by atoms with Gasteiger partial charge in [0, 0.05) is 6.42 Å². The highest BCUT2D eigenvalue weighted by atomic mass is 16.1. The zero-order valence-electron chi connectivity index (χ0n) is 7.47. The topological polar surface area (TPSA) is 17.1 Å². The average Bonchev–Trinajstić information content (AvgIpc) is 2.62. The van der Waals surface area contributed by atoms with Crippen LogP contribution in [0.1, 0.15) is 39.5 Å². The second kappa shape index (κ2) is 3.89. The van der Waals surface area contributed by atoms with E-state index in [0.29, 0.717) is 6.42 Å². The maximum absolute atomic E-state index is 9.94. The summed E-state index contributed by atoms with van der Waals surface area (Å²) in [5.41, 5.74) is 0. The highest BCUT2D eigenvalue weighted by Gasteiger charge is 2.35. The summed E-state index contributed by atoms with van der Waals surface area (Å²) in [6.45, 7) is 4.53. The summed E-state index contributed by atoms with van der Waals surface area (Å²) in [7, 11) is 0. The highest BCUT2D eigenvalue weighted by Crippen LogP contribution is 2.45. The van der Waals surface area contributed by atoms with Gasteiger partial charge in [0.15, 0.2) is 6.29 Å². The lowest BCUT2D eigenvalue weighted by molar-refractivity contribution is 0.499. The van der Waals surface area contributed by atoms with E-state index in [2.05, 4.69) is 13.8 Å². The summed E-state index contributed by atoms with van der Waals surface area (Å²) in [5.74, 6) is 2.62. The van der Waals surface area contributed by atoms with Crippen LogP contribution in [-0.4, -0.2) is 6.29 Å². The molecule has 2 atom stereocenters. The van der Waals surface area contributed by atoms with Gasteiger partial charge < -0.3 is 0 Å². The van der Waals surface area contributed by atoms with E-state index < -0.39 is 0 Å². The van der Waals surface area contributed by atoms with Gasteiger partial charge in [-0.2, -0.15) is 0 Å². The van der Waals surface area contributed by atoms with E-state index in [1.165, 1.54) is 12.8 Å². The van der Waals surface area contributed by atoms with Crippen molar-refractivity contribution < 1.29 is 4.79 Å². The Labute approximate surface area is 69.2 Å². The first-order chi connectivity index (χ1) is 5.24. The molecule has 0 aliphatic heterocycles. The molecular formula is C10H17O. The Balaban J connectivity index is 2.02. The molecule has 1 saturated carbocycles. The molecular weight excluding hydrogens is 136 g/mol. The zero-order valence-corrected chi connectivity index (χ0v) is 7.47. The molecule has 0 N–H and O–H groups in total. The lowest BCUT2D eigenvalue weighted by Crippen LogP contribution is -1.91. The van der Waals surface area contributed by atoms with Crippen LogP contribution >= 0.6 is 0 Å². The molecule has 1 heteroatoms. The summed E-state index contributed by atoms with van der Waals surface area (Å²) in [6, 6.07) is 0. The van der Waals surface area contributed by atoms with Gasteiger partial charge in [-0.1, -0.05) is 13.8 Å². The Bertz CT molecular complexity index is 129. The fourth-order valence-electron chi connectivity index (χ4n) is 1.80. The zero-order chi connectivity index (χ0) is 8.27. The fraction of sp³-hybridized carbons (Fsp3) is 0.900. The van der Waals surface area contributed by atoms with Gasteiger partial charge in [0.05, 0.1) is 0 Å². The first-order valence-corrected chi connectivity index (χ1v) is 4.59. The van der Waals surface area contributed by atoms with E-state index >= 15 is 0 Å². The van der Waals surface area contributed by atoms with Crippen molar-refractivity contribution in [3.63, 3.8) is 0 Å². The lowest BCUT2D eigenvalue weighted by atomic mass is 10.0. The van der Waals surface area contributed by atoms with Crippen molar-refractivity contribution in [2.75, 3.05) is 0 Å². The molecule has 1 nitrogen and oxygen atoms in total. The van der Waals surface area contributed by atoms with E-state index in [1.54, 1.807) is 0 Å². The van der Waals surface area contributed by atoms with Crippen LogP contribution in [0, 0.1) is 17.8 Å². The summed E-state index contributed by atoms with van der Waals surface area (Å²) < 4.78 is 0. The molecule has 0 spiro atoms. The van der Waals surface area contributed by atoms with Crippen molar-refractivity contribution in [1.29, 1.82) is 0 Å². The minimum absolute atomic E-state index is 0.652. The molecule has 1 aliphatic carbocycles. The molecule has 0 bridgehead atoms. The summed E-state index contributed by atoms with van der Waals surface area (Å²) in [6.07, 6.45) is 6.41. The van der Waals surface area contributed by atoms with Gasteiger partial charge in [-0.25, -0.2) is 0 Å². The molecule has 1 rings (SSSR count). The average molecular weight is 153 g/mol. The van der Waals surface area contributed by atoms with Crippen LogP contribution in [0.25, 0.3) is 0 Å². The maximum Gasteiger partial charge on any atom is 0.198 e. The SMILES string of the molecule is CC(C)CC1CC1CC[C]=O. The molecule has 1 fully saturated rings. The molecule has 0 aromatic heterocycles. The minimum atomic E-state index is 0.652. The largest absolute Gasteiger partial charge is 0.291 e. The molecule has 0 amide bonds. The van der Waals surface area contributed by atoms with Crippen molar-refractivity contribution in [2.24, 2.45) is 17.8 Å². The fourth-order valence-corrected chi connectivity index (χ4v) is 1.80. The predicted molar refractivity (Wildman–Crippen MR) is 46.0 cm³/mol. The van der Waals surface area contributed by atoms with Gasteiger partial charge in [-0.05, 0) is 37.0 Å². The Morgan fingerprint density at radius 1 is 1.45 bits per heavy atom. The van der Waals surface area contributed by atoms with Gasteiger partial charge in [0.1, 0.15) is 0 Å². The Hall–Kier alpha value is -0.330. The molecule has 1 radical (unpaired) electrons. The number of carbonyl (C=O) groups excluding carboxylic acids is 1. The molecule has 0 saturated heterocycles. The summed E-state index contributed by atoms with van der Waals surface area (Å²) in [5, 5.41) is 0. The Morgan fingerprint density at radius 3 is 2.73 bits per heavy atom. The van der Waals surface area contributed by atoms with Crippen molar-refractivity contribution in [2.45, 2.75) is 39.5 Å². The number of hydrogen-bond acceptors (Lipinski definition) is 1. The van der Waals surface area contributed by atoms with Gasteiger partial charge in [-0.3, -0.25) is 4.79 Å². The maximum atomic E-state index is 9.94. The second-order valence-electron chi connectivity index (χ2n) is 4.07. The smallest absolute Gasteiger partial charge is 0.198 e. The van der Waals surface area contributed by atoms with Crippen molar-refractivity contribution >= 4 is 6.29 Å². The Morgan fingerprint density at radius 2 is 2.18 bits per heavy atom. The van der Waals surface area contributed by atoms with Gasteiger partial charge in [0.25, 0.3) is 0 Å². The van der Waals surface area contributed by atoms with Crippen LogP contribution < -0.4 is 0 Å². The first-order valence-electron chi connectivity index (χ1n) is 4.59. The lowest BCUT2D eigenvalue weighted by Gasteiger charge is -2.01. The first kappa shape index (κ1) is 8.76.